The fraction of sp³-hybridized carbons (Fsp3) is 0.0435. The molecule has 31 heavy (non-hydrogen) atoms. The molecule has 0 fully saturated rings. The summed E-state index contributed by atoms with van der Waals surface area (Å²) < 4.78 is 30.7. The van der Waals surface area contributed by atoms with E-state index >= 15 is 0 Å². The van der Waals surface area contributed by atoms with Gasteiger partial charge in [-0.25, -0.2) is 8.42 Å². The van der Waals surface area contributed by atoms with Crippen LogP contribution in [-0.2, 0) is 9.84 Å². The molecule has 0 amide bonds. The van der Waals surface area contributed by atoms with Crippen LogP contribution in [0.5, 0.6) is 11.5 Å². The summed E-state index contributed by atoms with van der Waals surface area (Å²) in [6.07, 6.45) is 2.65. The minimum absolute atomic E-state index is 0.0632. The van der Waals surface area contributed by atoms with E-state index in [0.717, 1.165) is 6.26 Å². The van der Waals surface area contributed by atoms with Crippen LogP contribution >= 0.6 is 11.6 Å². The molecule has 156 valence electrons. The summed E-state index contributed by atoms with van der Waals surface area (Å²) in [5, 5.41) is 4.76. The number of benzene rings is 3. The number of sulfone groups is 1. The van der Waals surface area contributed by atoms with Crippen molar-refractivity contribution >= 4 is 21.4 Å². The molecule has 0 saturated carbocycles. The number of ether oxygens (including phenoxy) is 1. The van der Waals surface area contributed by atoms with Crippen molar-refractivity contribution in [3.8, 4) is 28.3 Å². The van der Waals surface area contributed by atoms with Crippen molar-refractivity contribution in [2.75, 3.05) is 6.26 Å². The average Bonchev–Trinajstić information content (AvgIpc) is 2.75. The summed E-state index contributed by atoms with van der Waals surface area (Å²) in [5.41, 5.74) is 1.05. The number of aromatic nitrogens is 2. The van der Waals surface area contributed by atoms with Gasteiger partial charge >= 0.3 is 5.56 Å². The Morgan fingerprint density at radius 3 is 2.29 bits per heavy atom. The van der Waals surface area contributed by atoms with Crippen molar-refractivity contribution in [1.82, 2.24) is 9.78 Å². The molecule has 6 nitrogen and oxygen atoms in total. The molecule has 0 atom stereocenters. The van der Waals surface area contributed by atoms with Crippen molar-refractivity contribution in [2.24, 2.45) is 0 Å². The standard InChI is InChI=1S/C23H17ClN2O4S/c1-31(28,29)20-12-10-16(11-13-20)21-15-25-26(18-7-5-6-17(24)14-18)23(27)22(21)30-19-8-3-2-4-9-19/h2-15H,1H3. The van der Waals surface area contributed by atoms with Gasteiger partial charge in [-0.05, 0) is 48.0 Å². The van der Waals surface area contributed by atoms with Crippen LogP contribution < -0.4 is 10.3 Å². The predicted molar refractivity (Wildman–Crippen MR) is 120 cm³/mol. The van der Waals surface area contributed by atoms with Crippen molar-refractivity contribution in [2.45, 2.75) is 4.90 Å². The third kappa shape index (κ3) is 4.52. The third-order valence-electron chi connectivity index (χ3n) is 4.54. The highest BCUT2D eigenvalue weighted by Crippen LogP contribution is 2.31. The molecule has 8 heteroatoms. The van der Waals surface area contributed by atoms with Crippen LogP contribution in [-0.4, -0.2) is 24.5 Å². The van der Waals surface area contributed by atoms with Gasteiger partial charge in [0.1, 0.15) is 5.75 Å². The van der Waals surface area contributed by atoms with E-state index in [1.54, 1.807) is 60.7 Å². The first-order valence-electron chi connectivity index (χ1n) is 9.24. The molecule has 3 aromatic carbocycles. The number of para-hydroxylation sites is 1. The van der Waals surface area contributed by atoms with Crippen LogP contribution in [0.3, 0.4) is 0 Å². The van der Waals surface area contributed by atoms with Gasteiger partial charge in [0.25, 0.3) is 0 Å². The van der Waals surface area contributed by atoms with Gasteiger partial charge in [0, 0.05) is 11.3 Å². The first-order valence-corrected chi connectivity index (χ1v) is 11.5. The molecule has 4 rings (SSSR count). The largest absolute Gasteiger partial charge is 0.451 e. The fourth-order valence-electron chi connectivity index (χ4n) is 3.02. The van der Waals surface area contributed by atoms with Gasteiger partial charge in [-0.15, -0.1) is 0 Å². The first-order chi connectivity index (χ1) is 14.8. The fourth-order valence-corrected chi connectivity index (χ4v) is 3.84. The lowest BCUT2D eigenvalue weighted by Crippen LogP contribution is -2.22. The second-order valence-electron chi connectivity index (χ2n) is 6.80. The van der Waals surface area contributed by atoms with Crippen LogP contribution in [0.2, 0.25) is 5.02 Å². The number of hydrogen-bond acceptors (Lipinski definition) is 5. The lowest BCUT2D eigenvalue weighted by Gasteiger charge is -2.13. The maximum absolute atomic E-state index is 13.3. The van der Waals surface area contributed by atoms with Crippen molar-refractivity contribution in [3.63, 3.8) is 0 Å². The van der Waals surface area contributed by atoms with E-state index in [1.165, 1.54) is 23.0 Å². The molecular formula is C23H17ClN2O4S. The highest BCUT2D eigenvalue weighted by Gasteiger charge is 2.17. The molecule has 0 aliphatic heterocycles. The van der Waals surface area contributed by atoms with Crippen LogP contribution in [0.1, 0.15) is 0 Å². The molecule has 0 bridgehead atoms. The zero-order valence-corrected chi connectivity index (χ0v) is 18.0. The van der Waals surface area contributed by atoms with E-state index in [2.05, 4.69) is 5.10 Å². The normalized spacial score (nSPS) is 11.3. The van der Waals surface area contributed by atoms with E-state index in [0.29, 0.717) is 27.6 Å². The number of nitrogens with zero attached hydrogens (tertiary/aromatic N) is 2. The average molecular weight is 453 g/mol. The Kier molecular flexibility index (Phi) is 5.63. The van der Waals surface area contributed by atoms with Crippen molar-refractivity contribution < 1.29 is 13.2 Å². The molecule has 4 aromatic rings. The molecule has 0 N–H and O–H groups in total. The quantitative estimate of drug-likeness (QED) is 0.436. The van der Waals surface area contributed by atoms with Gasteiger partial charge in [-0.3, -0.25) is 4.79 Å². The lowest BCUT2D eigenvalue weighted by atomic mass is 10.1. The molecule has 0 spiro atoms. The molecule has 0 aliphatic rings. The monoisotopic (exact) mass is 452 g/mol. The first kappa shape index (κ1) is 20.8. The number of rotatable bonds is 5. The summed E-state index contributed by atoms with van der Waals surface area (Å²) in [5.74, 6) is 0.547. The summed E-state index contributed by atoms with van der Waals surface area (Å²) in [7, 11) is -3.34. The second-order valence-corrected chi connectivity index (χ2v) is 9.25. The van der Waals surface area contributed by atoms with E-state index in [4.69, 9.17) is 16.3 Å². The summed E-state index contributed by atoms with van der Waals surface area (Å²) in [6, 6.07) is 21.9. The van der Waals surface area contributed by atoms with E-state index in [1.807, 2.05) is 6.07 Å². The van der Waals surface area contributed by atoms with Crippen LogP contribution in [0.4, 0.5) is 0 Å². The Morgan fingerprint density at radius 2 is 1.65 bits per heavy atom. The summed E-state index contributed by atoms with van der Waals surface area (Å²) in [6.45, 7) is 0. The molecule has 0 unspecified atom stereocenters. The smallest absolute Gasteiger partial charge is 0.315 e. The minimum Gasteiger partial charge on any atom is -0.451 e. The van der Waals surface area contributed by atoms with Gasteiger partial charge in [-0.1, -0.05) is 48.0 Å². The zero-order valence-electron chi connectivity index (χ0n) is 16.4. The van der Waals surface area contributed by atoms with E-state index in [-0.39, 0.29) is 10.6 Å². The van der Waals surface area contributed by atoms with Crippen LogP contribution in [0, 0.1) is 0 Å². The van der Waals surface area contributed by atoms with Crippen molar-refractivity contribution in [1.29, 1.82) is 0 Å². The minimum atomic E-state index is -3.34. The molecule has 0 aliphatic carbocycles. The zero-order chi connectivity index (χ0) is 22.0. The van der Waals surface area contributed by atoms with Gasteiger partial charge in [0.2, 0.25) is 5.75 Å². The predicted octanol–water partition coefficient (Wildman–Crippen LogP) is 4.75. The Morgan fingerprint density at radius 1 is 0.935 bits per heavy atom. The number of hydrogen-bond donors (Lipinski definition) is 0. The topological polar surface area (TPSA) is 78.3 Å². The number of halogens is 1. The molecule has 1 aromatic heterocycles. The maximum atomic E-state index is 13.3. The molecule has 1 heterocycles. The van der Waals surface area contributed by atoms with Gasteiger partial charge in [0.05, 0.1) is 22.3 Å². The van der Waals surface area contributed by atoms with Gasteiger partial charge < -0.3 is 4.74 Å². The Labute approximate surface area is 184 Å². The Bertz CT molecular complexity index is 1400. The third-order valence-corrected chi connectivity index (χ3v) is 5.91. The van der Waals surface area contributed by atoms with Gasteiger partial charge in [0.15, 0.2) is 9.84 Å². The Balaban J connectivity index is 1.88. The summed E-state index contributed by atoms with van der Waals surface area (Å²) >= 11 is 6.07. The SMILES string of the molecule is CS(=O)(=O)c1ccc(-c2cnn(-c3cccc(Cl)c3)c(=O)c2Oc2ccccc2)cc1. The molecular weight excluding hydrogens is 436 g/mol. The highest BCUT2D eigenvalue weighted by atomic mass is 35.5. The molecule has 0 saturated heterocycles. The summed E-state index contributed by atoms with van der Waals surface area (Å²) in [4.78, 5) is 13.5. The highest BCUT2D eigenvalue weighted by molar-refractivity contribution is 7.90. The lowest BCUT2D eigenvalue weighted by molar-refractivity contribution is 0.470. The van der Waals surface area contributed by atoms with Crippen LogP contribution in [0.25, 0.3) is 16.8 Å². The van der Waals surface area contributed by atoms with Crippen LogP contribution in [0.15, 0.2) is 94.7 Å². The Hall–Kier alpha value is -3.42. The van der Waals surface area contributed by atoms with E-state index in [9.17, 15) is 13.2 Å². The van der Waals surface area contributed by atoms with E-state index < -0.39 is 15.4 Å². The maximum Gasteiger partial charge on any atom is 0.315 e. The molecule has 0 radical (unpaired) electrons. The van der Waals surface area contributed by atoms with Gasteiger partial charge in [-0.2, -0.15) is 9.78 Å². The van der Waals surface area contributed by atoms with Crippen molar-refractivity contribution in [3.05, 3.63) is 100 Å². The second kappa shape index (κ2) is 8.37.